The zero-order valence-corrected chi connectivity index (χ0v) is 13.8. The molecule has 23 heavy (non-hydrogen) atoms. The summed E-state index contributed by atoms with van der Waals surface area (Å²) < 4.78 is 0. The van der Waals surface area contributed by atoms with Crippen LogP contribution in [0.3, 0.4) is 0 Å². The van der Waals surface area contributed by atoms with Crippen molar-refractivity contribution in [3.8, 4) is 0 Å². The standard InChI is InChI=1S/C16H20N2O4.ClH/c1-11(19)12-4-2-6-14(8-12)17-15(20)10-18-7-3-5-13(9-18)16(21)22;/h2,4,6,8,13H,3,5,7,9-10H2,1H3,(H,17,20)(H,21,22);1H. The fraction of sp³-hybridized carbons (Fsp3) is 0.438. The first-order valence-electron chi connectivity index (χ1n) is 7.31. The lowest BCUT2D eigenvalue weighted by Crippen LogP contribution is -2.42. The molecule has 0 aliphatic carbocycles. The Morgan fingerprint density at radius 1 is 1.35 bits per heavy atom. The number of ketones is 1. The highest BCUT2D eigenvalue weighted by Crippen LogP contribution is 2.17. The molecule has 0 saturated carbocycles. The van der Waals surface area contributed by atoms with Crippen LogP contribution in [0.25, 0.3) is 0 Å². The highest BCUT2D eigenvalue weighted by molar-refractivity contribution is 5.97. The van der Waals surface area contributed by atoms with Crippen molar-refractivity contribution < 1.29 is 19.5 Å². The molecule has 1 aromatic rings. The minimum Gasteiger partial charge on any atom is -0.481 e. The highest BCUT2D eigenvalue weighted by Gasteiger charge is 2.26. The molecule has 1 amide bonds. The summed E-state index contributed by atoms with van der Waals surface area (Å²) in [6.45, 7) is 2.76. The number of hydrogen-bond acceptors (Lipinski definition) is 4. The summed E-state index contributed by atoms with van der Waals surface area (Å²) in [7, 11) is 0. The van der Waals surface area contributed by atoms with E-state index in [0.717, 1.165) is 13.0 Å². The van der Waals surface area contributed by atoms with Crippen LogP contribution >= 0.6 is 12.4 Å². The largest absolute Gasteiger partial charge is 0.481 e. The molecule has 1 saturated heterocycles. The minimum atomic E-state index is -0.806. The van der Waals surface area contributed by atoms with Crippen molar-refractivity contribution in [2.45, 2.75) is 19.8 Å². The second kappa shape index (κ2) is 8.64. The first-order chi connectivity index (χ1) is 10.5. The van der Waals surface area contributed by atoms with Crippen molar-refractivity contribution in [2.24, 2.45) is 5.92 Å². The molecule has 0 radical (unpaired) electrons. The molecule has 0 spiro atoms. The van der Waals surface area contributed by atoms with Gasteiger partial charge < -0.3 is 10.4 Å². The third kappa shape index (κ3) is 5.65. The van der Waals surface area contributed by atoms with Gasteiger partial charge in [-0.05, 0) is 38.4 Å². The maximum absolute atomic E-state index is 12.1. The normalized spacial score (nSPS) is 17.9. The molecule has 1 heterocycles. The Hall–Kier alpha value is -1.92. The summed E-state index contributed by atoms with van der Waals surface area (Å²) in [5.41, 5.74) is 1.12. The predicted molar refractivity (Wildman–Crippen MR) is 89.1 cm³/mol. The highest BCUT2D eigenvalue weighted by atomic mass is 35.5. The summed E-state index contributed by atoms with van der Waals surface area (Å²) >= 11 is 0. The van der Waals surface area contributed by atoms with Crippen LogP contribution in [0.5, 0.6) is 0 Å². The molecule has 7 heteroatoms. The van der Waals surface area contributed by atoms with Gasteiger partial charge in [-0.25, -0.2) is 0 Å². The van der Waals surface area contributed by atoms with Crippen molar-refractivity contribution in [2.75, 3.05) is 25.0 Å². The Bertz CT molecular complexity index is 591. The maximum Gasteiger partial charge on any atom is 0.307 e. The van der Waals surface area contributed by atoms with Crippen LogP contribution < -0.4 is 5.32 Å². The number of Topliss-reactive ketones (excluding diaryl/α,β-unsaturated/α-hetero) is 1. The molecule has 126 valence electrons. The Labute approximate surface area is 141 Å². The number of halogens is 1. The number of amides is 1. The number of rotatable bonds is 5. The van der Waals surface area contributed by atoms with Crippen LogP contribution in [0.1, 0.15) is 30.1 Å². The molecule has 1 aliphatic rings. The van der Waals surface area contributed by atoms with Gasteiger partial charge in [0, 0.05) is 17.8 Å². The molecule has 2 rings (SSSR count). The fourth-order valence-electron chi connectivity index (χ4n) is 2.62. The van der Waals surface area contributed by atoms with Gasteiger partial charge in [0.25, 0.3) is 0 Å². The topological polar surface area (TPSA) is 86.7 Å². The molecule has 1 aromatic carbocycles. The Kier molecular flexibility index (Phi) is 7.19. The molecule has 0 aromatic heterocycles. The van der Waals surface area contributed by atoms with Crippen molar-refractivity contribution >= 4 is 35.8 Å². The molecule has 0 bridgehead atoms. The van der Waals surface area contributed by atoms with Gasteiger partial charge in [-0.15, -0.1) is 12.4 Å². The molecule has 6 nitrogen and oxygen atoms in total. The second-order valence-electron chi connectivity index (χ2n) is 5.60. The number of anilines is 1. The molecule has 1 aliphatic heterocycles. The Morgan fingerprint density at radius 3 is 2.74 bits per heavy atom. The van der Waals surface area contributed by atoms with Crippen LogP contribution in [0.2, 0.25) is 0 Å². The third-order valence-corrected chi connectivity index (χ3v) is 3.77. The monoisotopic (exact) mass is 340 g/mol. The van der Waals surface area contributed by atoms with Gasteiger partial charge >= 0.3 is 5.97 Å². The molecular formula is C16H21ClN2O4. The van der Waals surface area contributed by atoms with E-state index >= 15 is 0 Å². The van der Waals surface area contributed by atoms with Crippen LogP contribution in [0.4, 0.5) is 5.69 Å². The summed E-state index contributed by atoms with van der Waals surface area (Å²) in [4.78, 5) is 36.2. The summed E-state index contributed by atoms with van der Waals surface area (Å²) in [5, 5.41) is 11.8. The SMILES string of the molecule is CC(=O)c1cccc(NC(=O)CN2CCCC(C(=O)O)C2)c1.Cl. The van der Waals surface area contributed by atoms with Crippen LogP contribution in [0, 0.1) is 5.92 Å². The Balaban J connectivity index is 0.00000264. The van der Waals surface area contributed by atoms with E-state index in [4.69, 9.17) is 5.11 Å². The number of carboxylic acid groups (broad SMARTS) is 1. The molecule has 1 fully saturated rings. The van der Waals surface area contributed by atoms with E-state index in [1.807, 2.05) is 4.90 Å². The molecular weight excluding hydrogens is 320 g/mol. The molecule has 1 unspecified atom stereocenters. The van der Waals surface area contributed by atoms with Gasteiger partial charge in [-0.2, -0.15) is 0 Å². The minimum absolute atomic E-state index is 0. The van der Waals surface area contributed by atoms with E-state index in [1.54, 1.807) is 24.3 Å². The number of piperidine rings is 1. The average Bonchev–Trinajstić information content (AvgIpc) is 2.47. The lowest BCUT2D eigenvalue weighted by Gasteiger charge is -2.29. The van der Waals surface area contributed by atoms with Crippen molar-refractivity contribution in [3.63, 3.8) is 0 Å². The number of carbonyl (C=O) groups is 3. The van der Waals surface area contributed by atoms with Crippen LogP contribution in [-0.2, 0) is 9.59 Å². The van der Waals surface area contributed by atoms with E-state index in [1.165, 1.54) is 6.92 Å². The number of carboxylic acids is 1. The molecule has 1 atom stereocenters. The van der Waals surface area contributed by atoms with Gasteiger partial charge in [0.05, 0.1) is 12.5 Å². The first-order valence-corrected chi connectivity index (χ1v) is 7.31. The number of likely N-dealkylation sites (tertiary alicyclic amines) is 1. The zero-order chi connectivity index (χ0) is 16.1. The second-order valence-corrected chi connectivity index (χ2v) is 5.60. The number of benzene rings is 1. The van der Waals surface area contributed by atoms with E-state index < -0.39 is 11.9 Å². The summed E-state index contributed by atoms with van der Waals surface area (Å²) in [5.74, 6) is -1.47. The Morgan fingerprint density at radius 2 is 2.09 bits per heavy atom. The lowest BCUT2D eigenvalue weighted by molar-refractivity contribution is -0.144. The zero-order valence-electron chi connectivity index (χ0n) is 12.9. The predicted octanol–water partition coefficient (Wildman–Crippen LogP) is 2.05. The van der Waals surface area contributed by atoms with E-state index in [9.17, 15) is 14.4 Å². The van der Waals surface area contributed by atoms with Crippen molar-refractivity contribution in [3.05, 3.63) is 29.8 Å². The number of carbonyl (C=O) groups excluding carboxylic acids is 2. The quantitative estimate of drug-likeness (QED) is 0.801. The van der Waals surface area contributed by atoms with Gasteiger partial charge in [0.2, 0.25) is 5.91 Å². The van der Waals surface area contributed by atoms with E-state index in [2.05, 4.69) is 5.32 Å². The smallest absolute Gasteiger partial charge is 0.307 e. The number of aliphatic carboxylic acids is 1. The maximum atomic E-state index is 12.1. The number of hydrogen-bond donors (Lipinski definition) is 2. The van der Waals surface area contributed by atoms with Gasteiger partial charge in [-0.1, -0.05) is 12.1 Å². The van der Waals surface area contributed by atoms with Gasteiger partial charge in [0.15, 0.2) is 5.78 Å². The number of nitrogens with zero attached hydrogens (tertiary/aromatic N) is 1. The summed E-state index contributed by atoms with van der Waals surface area (Å²) in [6.07, 6.45) is 1.44. The first kappa shape index (κ1) is 19.1. The lowest BCUT2D eigenvalue weighted by atomic mass is 9.98. The van der Waals surface area contributed by atoms with Crippen molar-refractivity contribution in [1.29, 1.82) is 0 Å². The van der Waals surface area contributed by atoms with Crippen LogP contribution in [0.15, 0.2) is 24.3 Å². The van der Waals surface area contributed by atoms with E-state index in [-0.39, 0.29) is 30.6 Å². The molecule has 2 N–H and O–H groups in total. The average molecular weight is 341 g/mol. The van der Waals surface area contributed by atoms with Crippen LogP contribution in [-0.4, -0.2) is 47.3 Å². The van der Waals surface area contributed by atoms with Gasteiger partial charge in [-0.3, -0.25) is 19.3 Å². The van der Waals surface area contributed by atoms with E-state index in [0.29, 0.717) is 24.2 Å². The fourth-order valence-corrected chi connectivity index (χ4v) is 2.62. The summed E-state index contributed by atoms with van der Waals surface area (Å²) in [6, 6.07) is 6.77. The van der Waals surface area contributed by atoms with Gasteiger partial charge in [0.1, 0.15) is 0 Å². The third-order valence-electron chi connectivity index (χ3n) is 3.77. The number of nitrogens with one attached hydrogen (secondary N) is 1. The van der Waals surface area contributed by atoms with Crippen molar-refractivity contribution in [1.82, 2.24) is 4.90 Å².